The second-order valence-electron chi connectivity index (χ2n) is 3.53. The predicted molar refractivity (Wildman–Crippen MR) is 47.1 cm³/mol. The molecule has 1 saturated carbocycles. The molecule has 68 valence electrons. The Balaban J connectivity index is 2.05. The first-order valence-corrected chi connectivity index (χ1v) is 4.43. The molecule has 2 rings (SSSR count). The number of aliphatic imine (C=N–C) groups is 1. The number of carbonyl (C=O) groups excluding carboxylic acids is 1. The van der Waals surface area contributed by atoms with Crippen molar-refractivity contribution in [3.8, 4) is 0 Å². The van der Waals surface area contributed by atoms with Crippen LogP contribution in [-0.4, -0.2) is 6.08 Å². The van der Waals surface area contributed by atoms with E-state index in [0.29, 0.717) is 12.5 Å². The summed E-state index contributed by atoms with van der Waals surface area (Å²) in [5.74, 6) is 3.11. The summed E-state index contributed by atoms with van der Waals surface area (Å²) in [6.45, 7) is 2.51. The molecule has 1 heterocycles. The fourth-order valence-electron chi connectivity index (χ4n) is 1.51. The average molecular weight is 177 g/mol. The van der Waals surface area contributed by atoms with Crippen LogP contribution < -0.4 is 0 Å². The summed E-state index contributed by atoms with van der Waals surface area (Å²) in [6, 6.07) is 3.85. The molecule has 2 unspecified atom stereocenters. The van der Waals surface area contributed by atoms with E-state index in [9.17, 15) is 4.79 Å². The molecule has 0 N–H and O–H groups in total. The molecule has 0 amide bonds. The normalized spacial score (nSPS) is 25.3. The number of hydrogen-bond donors (Lipinski definition) is 0. The maximum absolute atomic E-state index is 9.85. The minimum Gasteiger partial charge on any atom is -0.464 e. The third-order valence-electron chi connectivity index (χ3n) is 2.46. The first kappa shape index (κ1) is 8.27. The molecule has 0 spiro atoms. The van der Waals surface area contributed by atoms with Crippen molar-refractivity contribution in [2.45, 2.75) is 25.8 Å². The summed E-state index contributed by atoms with van der Waals surface area (Å²) in [4.78, 5) is 13.3. The van der Waals surface area contributed by atoms with Crippen molar-refractivity contribution < 1.29 is 9.21 Å². The first-order valence-electron chi connectivity index (χ1n) is 4.43. The fraction of sp³-hybridized carbons (Fsp3) is 0.500. The van der Waals surface area contributed by atoms with Crippen LogP contribution in [0.1, 0.15) is 30.8 Å². The lowest BCUT2D eigenvalue weighted by Crippen LogP contribution is -1.76. The predicted octanol–water partition coefficient (Wildman–Crippen LogP) is 2.24. The monoisotopic (exact) mass is 177 g/mol. The van der Waals surface area contributed by atoms with E-state index in [-0.39, 0.29) is 0 Å². The van der Waals surface area contributed by atoms with Gasteiger partial charge in [-0.05, 0) is 24.5 Å². The smallest absolute Gasteiger partial charge is 0.235 e. The molecule has 0 aromatic carbocycles. The van der Waals surface area contributed by atoms with Crippen molar-refractivity contribution in [1.82, 2.24) is 0 Å². The van der Waals surface area contributed by atoms with E-state index in [2.05, 4.69) is 11.9 Å². The third-order valence-corrected chi connectivity index (χ3v) is 2.46. The second-order valence-corrected chi connectivity index (χ2v) is 3.53. The molecule has 1 fully saturated rings. The minimum atomic E-state index is 0.310. The lowest BCUT2D eigenvalue weighted by molar-refractivity contribution is 0.463. The largest absolute Gasteiger partial charge is 0.464 e. The van der Waals surface area contributed by atoms with Crippen molar-refractivity contribution in [3.05, 3.63) is 23.7 Å². The molecule has 1 aromatic rings. The van der Waals surface area contributed by atoms with E-state index in [4.69, 9.17) is 4.42 Å². The summed E-state index contributed by atoms with van der Waals surface area (Å²) in [6.07, 6.45) is 2.71. The first-order chi connectivity index (χ1) is 6.31. The Morgan fingerprint density at radius 1 is 1.69 bits per heavy atom. The van der Waals surface area contributed by atoms with Crippen molar-refractivity contribution in [1.29, 1.82) is 0 Å². The van der Waals surface area contributed by atoms with Crippen molar-refractivity contribution in [2.24, 2.45) is 10.9 Å². The summed E-state index contributed by atoms with van der Waals surface area (Å²) in [5, 5.41) is 0. The van der Waals surface area contributed by atoms with Crippen molar-refractivity contribution in [2.75, 3.05) is 0 Å². The van der Waals surface area contributed by atoms with Crippen LogP contribution in [0, 0.1) is 5.92 Å². The number of rotatable bonds is 3. The van der Waals surface area contributed by atoms with Gasteiger partial charge in [0, 0.05) is 5.92 Å². The van der Waals surface area contributed by atoms with E-state index >= 15 is 0 Å². The van der Waals surface area contributed by atoms with Gasteiger partial charge in [0.05, 0.1) is 0 Å². The Labute approximate surface area is 76.5 Å². The summed E-state index contributed by atoms with van der Waals surface area (Å²) in [5.41, 5.74) is 0. The van der Waals surface area contributed by atoms with Crippen LogP contribution in [0.15, 0.2) is 21.5 Å². The molecular formula is C10H11NO2. The van der Waals surface area contributed by atoms with Gasteiger partial charge in [0.2, 0.25) is 6.08 Å². The van der Waals surface area contributed by atoms with Crippen molar-refractivity contribution in [3.63, 3.8) is 0 Å². The van der Waals surface area contributed by atoms with Crippen LogP contribution in [0.2, 0.25) is 0 Å². The standard InChI is InChI=1S/C10H11NO2/c1-7-4-9(7)10-3-2-8(13-10)5-11-6-12/h2-3,7,9H,4-5H2,1H3. The number of isocyanates is 1. The van der Waals surface area contributed by atoms with E-state index in [1.165, 1.54) is 12.5 Å². The number of furan rings is 1. The van der Waals surface area contributed by atoms with Gasteiger partial charge in [0.15, 0.2) is 0 Å². The number of hydrogen-bond acceptors (Lipinski definition) is 3. The van der Waals surface area contributed by atoms with Crippen LogP contribution in [0.4, 0.5) is 0 Å². The number of nitrogens with zero attached hydrogens (tertiary/aromatic N) is 1. The molecule has 2 atom stereocenters. The van der Waals surface area contributed by atoms with Crippen LogP contribution in [0.25, 0.3) is 0 Å². The van der Waals surface area contributed by atoms with E-state index in [1.807, 2.05) is 12.1 Å². The Morgan fingerprint density at radius 3 is 3.08 bits per heavy atom. The van der Waals surface area contributed by atoms with Crippen LogP contribution in [0.5, 0.6) is 0 Å². The topological polar surface area (TPSA) is 42.6 Å². The van der Waals surface area contributed by atoms with E-state index < -0.39 is 0 Å². The average Bonchev–Trinajstić information content (AvgIpc) is 2.67. The maximum atomic E-state index is 9.85. The van der Waals surface area contributed by atoms with Gasteiger partial charge >= 0.3 is 0 Å². The zero-order valence-corrected chi connectivity index (χ0v) is 7.49. The lowest BCUT2D eigenvalue weighted by atomic mass is 10.3. The summed E-state index contributed by atoms with van der Waals surface area (Å²) in [7, 11) is 0. The zero-order chi connectivity index (χ0) is 9.26. The Bertz CT molecular complexity index is 350. The maximum Gasteiger partial charge on any atom is 0.235 e. The highest BCUT2D eigenvalue weighted by Gasteiger charge is 2.36. The van der Waals surface area contributed by atoms with Gasteiger partial charge in [-0.15, -0.1) is 0 Å². The van der Waals surface area contributed by atoms with Gasteiger partial charge in [-0.3, -0.25) is 0 Å². The molecule has 0 aliphatic heterocycles. The highest BCUT2D eigenvalue weighted by Crippen LogP contribution is 2.47. The SMILES string of the molecule is CC1CC1c1ccc(CN=C=O)o1. The van der Waals surface area contributed by atoms with Gasteiger partial charge in [0.25, 0.3) is 0 Å². The van der Waals surface area contributed by atoms with Crippen LogP contribution in [-0.2, 0) is 11.3 Å². The Morgan fingerprint density at radius 2 is 2.46 bits per heavy atom. The fourth-order valence-corrected chi connectivity index (χ4v) is 1.51. The lowest BCUT2D eigenvalue weighted by Gasteiger charge is -1.90. The van der Waals surface area contributed by atoms with Crippen LogP contribution >= 0.6 is 0 Å². The van der Waals surface area contributed by atoms with Crippen LogP contribution in [0.3, 0.4) is 0 Å². The Kier molecular flexibility index (Phi) is 2.03. The Hall–Kier alpha value is -1.34. The molecular weight excluding hydrogens is 166 g/mol. The molecule has 13 heavy (non-hydrogen) atoms. The van der Waals surface area contributed by atoms with Gasteiger partial charge in [-0.2, -0.15) is 4.99 Å². The van der Waals surface area contributed by atoms with Crippen molar-refractivity contribution >= 4 is 6.08 Å². The van der Waals surface area contributed by atoms with E-state index in [0.717, 1.165) is 17.4 Å². The molecule has 3 heteroatoms. The molecule has 0 bridgehead atoms. The highest BCUT2D eigenvalue weighted by molar-refractivity contribution is 5.33. The second kappa shape index (κ2) is 3.19. The summed E-state index contributed by atoms with van der Waals surface area (Å²) >= 11 is 0. The summed E-state index contributed by atoms with van der Waals surface area (Å²) < 4.78 is 5.51. The molecule has 1 aromatic heterocycles. The molecule has 0 saturated heterocycles. The quantitative estimate of drug-likeness (QED) is 0.525. The molecule has 3 nitrogen and oxygen atoms in total. The molecule has 0 radical (unpaired) electrons. The van der Waals surface area contributed by atoms with Gasteiger partial charge in [-0.25, -0.2) is 4.79 Å². The van der Waals surface area contributed by atoms with Gasteiger partial charge in [-0.1, -0.05) is 6.92 Å². The minimum absolute atomic E-state index is 0.310. The van der Waals surface area contributed by atoms with Gasteiger partial charge in [0.1, 0.15) is 18.1 Å². The highest BCUT2D eigenvalue weighted by atomic mass is 16.3. The van der Waals surface area contributed by atoms with Gasteiger partial charge < -0.3 is 4.42 Å². The molecule has 1 aliphatic rings. The van der Waals surface area contributed by atoms with E-state index in [1.54, 1.807) is 0 Å². The zero-order valence-electron chi connectivity index (χ0n) is 7.49. The molecule has 1 aliphatic carbocycles. The third kappa shape index (κ3) is 1.70.